The Morgan fingerprint density at radius 2 is 2.20 bits per heavy atom. The van der Waals surface area contributed by atoms with Crippen molar-refractivity contribution >= 4 is 11.3 Å². The third-order valence-corrected chi connectivity index (χ3v) is 5.25. The van der Waals surface area contributed by atoms with E-state index >= 15 is 0 Å². The fourth-order valence-corrected chi connectivity index (χ4v) is 3.79. The highest BCUT2D eigenvalue weighted by Crippen LogP contribution is 2.14. The molecule has 0 radical (unpaired) electrons. The van der Waals surface area contributed by atoms with Crippen molar-refractivity contribution in [2.75, 3.05) is 45.8 Å². The average molecular weight is 295 g/mol. The number of rotatable bonds is 9. The predicted molar refractivity (Wildman–Crippen MR) is 88.7 cm³/mol. The summed E-state index contributed by atoms with van der Waals surface area (Å²) in [5.74, 6) is 0. The van der Waals surface area contributed by atoms with E-state index in [-0.39, 0.29) is 0 Å². The fourth-order valence-electron chi connectivity index (χ4n) is 3.08. The summed E-state index contributed by atoms with van der Waals surface area (Å²) >= 11 is 1.86. The molecule has 1 N–H and O–H groups in total. The highest BCUT2D eigenvalue weighted by Gasteiger charge is 2.25. The molecule has 0 spiro atoms. The van der Waals surface area contributed by atoms with E-state index in [9.17, 15) is 0 Å². The Balaban J connectivity index is 1.54. The topological polar surface area (TPSA) is 18.5 Å². The number of nitrogens with one attached hydrogen (secondary N) is 1. The second kappa shape index (κ2) is 8.78. The normalized spacial score (nSPS) is 20.1. The first kappa shape index (κ1) is 16.0. The van der Waals surface area contributed by atoms with Gasteiger partial charge in [0.2, 0.25) is 0 Å². The van der Waals surface area contributed by atoms with E-state index in [1.54, 1.807) is 0 Å². The molecule has 1 aliphatic heterocycles. The minimum atomic E-state index is 0.788. The molecule has 2 rings (SSSR count). The van der Waals surface area contributed by atoms with Crippen LogP contribution < -0.4 is 5.32 Å². The lowest BCUT2D eigenvalue weighted by Crippen LogP contribution is -2.38. The molecule has 0 aromatic carbocycles. The number of hydrogen-bond acceptors (Lipinski definition) is 4. The summed E-state index contributed by atoms with van der Waals surface area (Å²) in [6, 6.07) is 5.15. The summed E-state index contributed by atoms with van der Waals surface area (Å²) in [5, 5.41) is 5.73. The van der Waals surface area contributed by atoms with E-state index in [1.165, 1.54) is 50.4 Å². The number of likely N-dealkylation sites (N-methyl/N-ethyl adjacent to an activating group) is 1. The molecule has 0 saturated carbocycles. The van der Waals surface area contributed by atoms with E-state index in [2.05, 4.69) is 46.5 Å². The molecule has 2 heterocycles. The minimum Gasteiger partial charge on any atom is -0.315 e. The van der Waals surface area contributed by atoms with Crippen molar-refractivity contribution in [3.63, 3.8) is 0 Å². The fraction of sp³-hybridized carbons (Fsp3) is 0.750. The second-order valence-corrected chi connectivity index (χ2v) is 6.58. The maximum atomic E-state index is 3.57. The Bertz CT molecular complexity index is 349. The SMILES string of the molecule is CCN(CC)C1CCN(CCNCCc2cccs2)C1. The molecule has 1 aromatic heterocycles. The zero-order valence-electron chi connectivity index (χ0n) is 13.0. The molecule has 4 heteroatoms. The number of hydrogen-bond donors (Lipinski definition) is 1. The molecule has 0 amide bonds. The molecule has 0 bridgehead atoms. The summed E-state index contributed by atoms with van der Waals surface area (Å²) in [5.41, 5.74) is 0. The molecule has 1 unspecified atom stereocenters. The Hall–Kier alpha value is -0.420. The van der Waals surface area contributed by atoms with Gasteiger partial charge in [-0.1, -0.05) is 19.9 Å². The summed E-state index contributed by atoms with van der Waals surface area (Å²) in [6.45, 7) is 12.9. The van der Waals surface area contributed by atoms with Gasteiger partial charge in [-0.25, -0.2) is 0 Å². The lowest BCUT2D eigenvalue weighted by Gasteiger charge is -2.26. The molecule has 0 aliphatic carbocycles. The third-order valence-electron chi connectivity index (χ3n) is 4.31. The van der Waals surface area contributed by atoms with Gasteiger partial charge in [0.05, 0.1) is 0 Å². The smallest absolute Gasteiger partial charge is 0.0235 e. The van der Waals surface area contributed by atoms with Crippen LogP contribution in [0.1, 0.15) is 25.1 Å². The largest absolute Gasteiger partial charge is 0.315 e. The summed E-state index contributed by atoms with van der Waals surface area (Å²) in [4.78, 5) is 6.70. The van der Waals surface area contributed by atoms with E-state index < -0.39 is 0 Å². The van der Waals surface area contributed by atoms with Crippen molar-refractivity contribution in [2.24, 2.45) is 0 Å². The van der Waals surface area contributed by atoms with Crippen LogP contribution in [0.5, 0.6) is 0 Å². The Morgan fingerprint density at radius 1 is 1.35 bits per heavy atom. The first-order chi connectivity index (χ1) is 9.83. The highest BCUT2D eigenvalue weighted by molar-refractivity contribution is 7.09. The molecule has 114 valence electrons. The molecule has 1 fully saturated rings. The van der Waals surface area contributed by atoms with Crippen molar-refractivity contribution in [1.29, 1.82) is 0 Å². The zero-order valence-corrected chi connectivity index (χ0v) is 13.8. The lowest BCUT2D eigenvalue weighted by molar-refractivity contribution is 0.211. The maximum absolute atomic E-state index is 3.57. The van der Waals surface area contributed by atoms with Gasteiger partial charge in [-0.3, -0.25) is 4.90 Å². The van der Waals surface area contributed by atoms with E-state index in [1.807, 2.05) is 11.3 Å². The average Bonchev–Trinajstić information content (AvgIpc) is 3.12. The first-order valence-electron chi connectivity index (χ1n) is 8.03. The van der Waals surface area contributed by atoms with Crippen LogP contribution >= 0.6 is 11.3 Å². The molecule has 3 nitrogen and oxygen atoms in total. The van der Waals surface area contributed by atoms with Gasteiger partial charge in [-0.15, -0.1) is 11.3 Å². The van der Waals surface area contributed by atoms with Crippen molar-refractivity contribution < 1.29 is 0 Å². The van der Waals surface area contributed by atoms with Gasteiger partial charge in [0.1, 0.15) is 0 Å². The van der Waals surface area contributed by atoms with Crippen LogP contribution in [0, 0.1) is 0 Å². The van der Waals surface area contributed by atoms with Crippen LogP contribution in [-0.2, 0) is 6.42 Å². The second-order valence-electron chi connectivity index (χ2n) is 5.54. The molecule has 20 heavy (non-hydrogen) atoms. The van der Waals surface area contributed by atoms with Gasteiger partial charge in [0, 0.05) is 37.1 Å². The first-order valence-corrected chi connectivity index (χ1v) is 8.91. The number of thiophene rings is 1. The van der Waals surface area contributed by atoms with Crippen LogP contribution in [0.2, 0.25) is 0 Å². The lowest BCUT2D eigenvalue weighted by atomic mass is 10.2. The zero-order chi connectivity index (χ0) is 14.2. The highest BCUT2D eigenvalue weighted by atomic mass is 32.1. The van der Waals surface area contributed by atoms with Crippen molar-refractivity contribution in [1.82, 2.24) is 15.1 Å². The standard InChI is InChI=1S/C16H29N3S/c1-3-19(4-2)15-8-11-18(14-15)12-10-17-9-7-16-6-5-13-20-16/h5-6,13,15,17H,3-4,7-12,14H2,1-2H3. The minimum absolute atomic E-state index is 0.788. The van der Waals surface area contributed by atoms with Crippen LogP contribution in [0.4, 0.5) is 0 Å². The molecule has 1 aliphatic rings. The van der Waals surface area contributed by atoms with Gasteiger partial charge in [-0.2, -0.15) is 0 Å². The molecule has 1 aromatic rings. The molecular formula is C16H29N3S. The number of likely N-dealkylation sites (tertiary alicyclic amines) is 1. The Labute approximate surface area is 128 Å². The van der Waals surface area contributed by atoms with Gasteiger partial charge in [0.25, 0.3) is 0 Å². The van der Waals surface area contributed by atoms with Crippen LogP contribution in [-0.4, -0.2) is 61.7 Å². The maximum Gasteiger partial charge on any atom is 0.0235 e. The van der Waals surface area contributed by atoms with Crippen molar-refractivity contribution in [3.05, 3.63) is 22.4 Å². The van der Waals surface area contributed by atoms with Crippen LogP contribution in [0.3, 0.4) is 0 Å². The summed E-state index contributed by atoms with van der Waals surface area (Å²) in [6.07, 6.45) is 2.51. The van der Waals surface area contributed by atoms with Gasteiger partial charge < -0.3 is 10.2 Å². The van der Waals surface area contributed by atoms with E-state index in [0.29, 0.717) is 0 Å². The Morgan fingerprint density at radius 3 is 2.90 bits per heavy atom. The predicted octanol–water partition coefficient (Wildman–Crippen LogP) is 2.30. The van der Waals surface area contributed by atoms with Crippen molar-refractivity contribution in [2.45, 2.75) is 32.7 Å². The van der Waals surface area contributed by atoms with Gasteiger partial charge in [0.15, 0.2) is 0 Å². The monoisotopic (exact) mass is 295 g/mol. The van der Waals surface area contributed by atoms with Crippen molar-refractivity contribution in [3.8, 4) is 0 Å². The quantitative estimate of drug-likeness (QED) is 0.705. The third kappa shape index (κ3) is 4.85. The van der Waals surface area contributed by atoms with E-state index in [0.717, 1.165) is 19.1 Å². The molecule has 1 atom stereocenters. The summed E-state index contributed by atoms with van der Waals surface area (Å²) in [7, 11) is 0. The molecule has 1 saturated heterocycles. The number of nitrogens with zero attached hydrogens (tertiary/aromatic N) is 2. The van der Waals surface area contributed by atoms with E-state index in [4.69, 9.17) is 0 Å². The van der Waals surface area contributed by atoms with Crippen LogP contribution in [0.25, 0.3) is 0 Å². The van der Waals surface area contributed by atoms with Crippen LogP contribution in [0.15, 0.2) is 17.5 Å². The van der Waals surface area contributed by atoms with Gasteiger partial charge >= 0.3 is 0 Å². The summed E-state index contributed by atoms with van der Waals surface area (Å²) < 4.78 is 0. The Kier molecular flexibility index (Phi) is 7.00. The van der Waals surface area contributed by atoms with Gasteiger partial charge in [-0.05, 0) is 43.9 Å². The molecular weight excluding hydrogens is 266 g/mol.